The van der Waals surface area contributed by atoms with E-state index >= 15 is 0 Å². The number of alkyl halides is 3. The number of hydrogen-bond acceptors (Lipinski definition) is 3. The maximum atomic E-state index is 13.3. The highest BCUT2D eigenvalue weighted by atomic mass is 35.5. The quantitative estimate of drug-likeness (QED) is 0.260. The third-order valence-corrected chi connectivity index (χ3v) is 6.09. The third kappa shape index (κ3) is 5.46. The van der Waals surface area contributed by atoms with Gasteiger partial charge < -0.3 is 0 Å². The monoisotopic (exact) mass is 484 g/mol. The average molecular weight is 485 g/mol. The van der Waals surface area contributed by atoms with Gasteiger partial charge >= 0.3 is 6.18 Å². The molecule has 0 saturated carbocycles. The molecule has 0 fully saturated rings. The number of carbonyl (C=O) groups is 1. The molecule has 2 aromatic heterocycles. The van der Waals surface area contributed by atoms with Gasteiger partial charge in [-0.15, -0.1) is 0 Å². The van der Waals surface area contributed by atoms with E-state index in [4.69, 9.17) is 11.6 Å². The molecular weight excluding hydrogens is 460 g/mol. The van der Waals surface area contributed by atoms with E-state index in [9.17, 15) is 22.4 Å². The highest BCUT2D eigenvalue weighted by Gasteiger charge is 2.39. The molecule has 0 amide bonds. The number of halogens is 5. The molecule has 3 aromatic rings. The molecule has 10 heteroatoms. The molecule has 0 radical (unpaired) electrons. The summed E-state index contributed by atoms with van der Waals surface area (Å²) in [6.45, 7) is 5.22. The van der Waals surface area contributed by atoms with E-state index in [1.807, 2.05) is 6.92 Å². The Balaban J connectivity index is 1.90. The fourth-order valence-electron chi connectivity index (χ4n) is 3.76. The van der Waals surface area contributed by atoms with Gasteiger partial charge in [0.25, 0.3) is 0 Å². The lowest BCUT2D eigenvalue weighted by atomic mass is 9.99. The Labute approximate surface area is 194 Å². The second-order valence-corrected chi connectivity index (χ2v) is 8.37. The zero-order valence-electron chi connectivity index (χ0n) is 18.6. The van der Waals surface area contributed by atoms with Crippen LogP contribution < -0.4 is 0 Å². The molecule has 1 unspecified atom stereocenters. The van der Waals surface area contributed by atoms with Crippen molar-refractivity contribution in [3.63, 3.8) is 0 Å². The summed E-state index contributed by atoms with van der Waals surface area (Å²) in [5.74, 6) is -0.649. The molecule has 0 saturated heterocycles. The fraction of sp³-hybridized carbons (Fsp3) is 0.435. The van der Waals surface area contributed by atoms with Crippen LogP contribution in [0.4, 0.5) is 17.6 Å². The molecular formula is C23H25ClF4N4O. The van der Waals surface area contributed by atoms with Gasteiger partial charge in [-0.25, -0.2) is 9.07 Å². The van der Waals surface area contributed by atoms with Crippen molar-refractivity contribution in [2.24, 2.45) is 0 Å². The van der Waals surface area contributed by atoms with Crippen molar-refractivity contribution >= 4 is 17.4 Å². The van der Waals surface area contributed by atoms with Gasteiger partial charge in [0.05, 0.1) is 22.6 Å². The summed E-state index contributed by atoms with van der Waals surface area (Å²) in [5, 5.41) is 7.49. The minimum absolute atomic E-state index is 0.0257. The number of Topliss-reactive ketones (excluding diaryl/α,β-unsaturated/α-hetero) is 1. The van der Waals surface area contributed by atoms with Crippen molar-refractivity contribution in [3.05, 3.63) is 63.9 Å². The van der Waals surface area contributed by atoms with Crippen LogP contribution >= 0.6 is 11.6 Å². The zero-order valence-corrected chi connectivity index (χ0v) is 19.3. The number of unbranched alkanes of at least 4 members (excludes halogenated alkanes) is 2. The summed E-state index contributed by atoms with van der Waals surface area (Å²) >= 11 is 5.92. The van der Waals surface area contributed by atoms with Crippen LogP contribution in [0.2, 0.25) is 5.02 Å². The van der Waals surface area contributed by atoms with Crippen molar-refractivity contribution in [2.75, 3.05) is 0 Å². The lowest BCUT2D eigenvalue weighted by Gasteiger charge is -2.18. The van der Waals surface area contributed by atoms with Gasteiger partial charge in [0.1, 0.15) is 11.9 Å². The highest BCUT2D eigenvalue weighted by molar-refractivity contribution is 6.32. The average Bonchev–Trinajstić information content (AvgIpc) is 3.26. The molecule has 5 nitrogen and oxygen atoms in total. The molecule has 3 rings (SSSR count). The maximum absolute atomic E-state index is 13.3. The number of nitrogens with zero attached hydrogens (tertiary/aromatic N) is 4. The van der Waals surface area contributed by atoms with Crippen LogP contribution in [-0.2, 0) is 17.4 Å². The highest BCUT2D eigenvalue weighted by Crippen LogP contribution is 2.37. The van der Waals surface area contributed by atoms with E-state index in [2.05, 4.69) is 10.2 Å². The van der Waals surface area contributed by atoms with E-state index in [0.717, 1.165) is 17.5 Å². The van der Waals surface area contributed by atoms with Crippen molar-refractivity contribution < 1.29 is 22.4 Å². The number of aromatic nitrogens is 4. The van der Waals surface area contributed by atoms with E-state index in [1.54, 1.807) is 29.9 Å². The lowest BCUT2D eigenvalue weighted by Crippen LogP contribution is -2.24. The lowest BCUT2D eigenvalue weighted by molar-refractivity contribution is -0.141. The van der Waals surface area contributed by atoms with Gasteiger partial charge in [0.15, 0.2) is 11.5 Å². The Morgan fingerprint density at radius 2 is 1.79 bits per heavy atom. The number of carbonyl (C=O) groups excluding carboxylic acids is 1. The minimum atomic E-state index is -4.71. The molecule has 0 aliphatic heterocycles. The molecule has 178 valence electrons. The van der Waals surface area contributed by atoms with Gasteiger partial charge in [0, 0.05) is 17.7 Å². The summed E-state index contributed by atoms with van der Waals surface area (Å²) in [6.07, 6.45) is -0.432. The zero-order chi connectivity index (χ0) is 24.3. The topological polar surface area (TPSA) is 52.7 Å². The van der Waals surface area contributed by atoms with Crippen molar-refractivity contribution in [2.45, 2.75) is 65.1 Å². The predicted octanol–water partition coefficient (Wildman–Crippen LogP) is 6.43. The molecule has 0 bridgehead atoms. The van der Waals surface area contributed by atoms with Crippen LogP contribution in [0.15, 0.2) is 30.5 Å². The summed E-state index contributed by atoms with van der Waals surface area (Å²) in [5.41, 5.74) is 0.884. The van der Waals surface area contributed by atoms with E-state index < -0.39 is 22.9 Å². The van der Waals surface area contributed by atoms with Crippen LogP contribution in [0.25, 0.3) is 5.69 Å². The summed E-state index contributed by atoms with van der Waals surface area (Å²) < 4.78 is 55.9. The minimum Gasteiger partial charge on any atom is -0.297 e. The van der Waals surface area contributed by atoms with Crippen LogP contribution in [0, 0.1) is 19.7 Å². The van der Waals surface area contributed by atoms with Gasteiger partial charge in [0.2, 0.25) is 0 Å². The first kappa shape index (κ1) is 25.0. The number of rotatable bonds is 9. The second-order valence-electron chi connectivity index (χ2n) is 7.99. The molecule has 0 aliphatic rings. The molecule has 0 spiro atoms. The van der Waals surface area contributed by atoms with Gasteiger partial charge in [-0.3, -0.25) is 9.48 Å². The van der Waals surface area contributed by atoms with Crippen LogP contribution in [-0.4, -0.2) is 25.3 Å². The Hall–Kier alpha value is -2.68. The molecule has 0 N–H and O–H groups in total. The first-order valence-electron chi connectivity index (χ1n) is 10.7. The molecule has 33 heavy (non-hydrogen) atoms. The van der Waals surface area contributed by atoms with Crippen molar-refractivity contribution in [3.8, 4) is 5.69 Å². The largest absolute Gasteiger partial charge is 0.436 e. The maximum Gasteiger partial charge on any atom is 0.436 e. The van der Waals surface area contributed by atoms with Gasteiger partial charge in [-0.1, -0.05) is 37.8 Å². The molecule has 2 heterocycles. The van der Waals surface area contributed by atoms with Gasteiger partial charge in [-0.05, 0) is 44.5 Å². The SMILES string of the molecule is CCCCCC(C(=O)Cc1cnn(-c2ccc(F)cc2)c1C)n1nc(C(F)(F)F)c(Cl)c1C. The van der Waals surface area contributed by atoms with Gasteiger partial charge in [-0.2, -0.15) is 23.4 Å². The summed E-state index contributed by atoms with van der Waals surface area (Å²) in [4.78, 5) is 13.3. The number of benzene rings is 1. The Kier molecular flexibility index (Phi) is 7.62. The second kappa shape index (κ2) is 10.1. The van der Waals surface area contributed by atoms with Crippen molar-refractivity contribution in [1.29, 1.82) is 0 Å². The standard InChI is InChI=1S/C23H25ClF4N4O/c1-4-5-6-7-19(32-15(3)21(24)22(30-32)23(26,27)28)20(33)12-16-13-29-31(14(16)2)18-10-8-17(25)9-11-18/h8-11,13,19H,4-7,12H2,1-3H3. The van der Waals surface area contributed by atoms with Crippen LogP contribution in [0.1, 0.15) is 61.3 Å². The number of ketones is 1. The first-order valence-corrected chi connectivity index (χ1v) is 11.1. The number of hydrogen-bond donors (Lipinski definition) is 0. The Bertz CT molecular complexity index is 1120. The van der Waals surface area contributed by atoms with Crippen molar-refractivity contribution in [1.82, 2.24) is 19.6 Å². The van der Waals surface area contributed by atoms with E-state index in [0.29, 0.717) is 29.8 Å². The molecule has 1 aromatic carbocycles. The van der Waals surface area contributed by atoms with E-state index in [1.165, 1.54) is 19.1 Å². The van der Waals surface area contributed by atoms with Crippen LogP contribution in [0.5, 0.6) is 0 Å². The van der Waals surface area contributed by atoms with Crippen LogP contribution in [0.3, 0.4) is 0 Å². The summed E-state index contributed by atoms with van der Waals surface area (Å²) in [6, 6.07) is 4.89. The fourth-order valence-corrected chi connectivity index (χ4v) is 3.99. The van der Waals surface area contributed by atoms with E-state index in [-0.39, 0.29) is 23.7 Å². The third-order valence-electron chi connectivity index (χ3n) is 5.64. The predicted molar refractivity (Wildman–Crippen MR) is 117 cm³/mol. The Morgan fingerprint density at radius 3 is 2.36 bits per heavy atom. The normalized spacial score (nSPS) is 12.8. The Morgan fingerprint density at radius 1 is 1.12 bits per heavy atom. The molecule has 0 aliphatic carbocycles. The first-order chi connectivity index (χ1) is 15.5. The smallest absolute Gasteiger partial charge is 0.297 e. The molecule has 1 atom stereocenters. The summed E-state index contributed by atoms with van der Waals surface area (Å²) in [7, 11) is 0.